The number of hydrogen-bond donors (Lipinski definition) is 1. The minimum Gasteiger partial charge on any atom is -0.350 e. The van der Waals surface area contributed by atoms with Gasteiger partial charge in [-0.3, -0.25) is 9.59 Å². The molecule has 0 aliphatic heterocycles. The van der Waals surface area contributed by atoms with Crippen molar-refractivity contribution < 1.29 is 9.59 Å². The topological polar surface area (TPSA) is 49.4 Å². The Balaban J connectivity index is 2.79. The first kappa shape index (κ1) is 16.5. The van der Waals surface area contributed by atoms with Crippen LogP contribution < -0.4 is 5.32 Å². The largest absolute Gasteiger partial charge is 0.350 e. The zero-order valence-electron chi connectivity index (χ0n) is 12.4. The molecule has 0 bridgehead atoms. The molecule has 0 fully saturated rings. The molecule has 0 atom stereocenters. The van der Waals surface area contributed by atoms with Crippen LogP contribution in [0.15, 0.2) is 24.3 Å². The number of nitrogens with one attached hydrogen (secondary N) is 1. The van der Waals surface area contributed by atoms with Crippen molar-refractivity contribution in [1.82, 2.24) is 10.2 Å². The van der Waals surface area contributed by atoms with Gasteiger partial charge >= 0.3 is 0 Å². The molecular formula is C15H21ClN2O2. The summed E-state index contributed by atoms with van der Waals surface area (Å²) in [6, 6.07) is 6.84. The second-order valence-corrected chi connectivity index (χ2v) is 6.00. The molecule has 0 spiro atoms. The average molecular weight is 297 g/mol. The van der Waals surface area contributed by atoms with E-state index in [9.17, 15) is 9.59 Å². The lowest BCUT2D eigenvalue weighted by Crippen LogP contribution is -2.47. The highest BCUT2D eigenvalue weighted by atomic mass is 35.5. The predicted molar refractivity (Wildman–Crippen MR) is 80.9 cm³/mol. The summed E-state index contributed by atoms with van der Waals surface area (Å²) in [5.41, 5.74) is 0.101. The number of carbonyl (C=O) groups is 2. The number of likely N-dealkylation sites (N-methyl/N-ethyl adjacent to an activating group) is 1. The molecule has 1 aromatic carbocycles. The Morgan fingerprint density at radius 1 is 1.25 bits per heavy atom. The second kappa shape index (κ2) is 6.75. The monoisotopic (exact) mass is 296 g/mol. The van der Waals surface area contributed by atoms with E-state index in [2.05, 4.69) is 5.32 Å². The molecule has 110 valence electrons. The fourth-order valence-corrected chi connectivity index (χ4v) is 1.98. The van der Waals surface area contributed by atoms with Crippen LogP contribution in [0.4, 0.5) is 0 Å². The quantitative estimate of drug-likeness (QED) is 0.929. The van der Waals surface area contributed by atoms with Gasteiger partial charge in [0, 0.05) is 12.1 Å². The number of rotatable bonds is 4. The maximum Gasteiger partial charge on any atom is 0.255 e. The van der Waals surface area contributed by atoms with Crippen molar-refractivity contribution in [2.45, 2.75) is 33.2 Å². The maximum absolute atomic E-state index is 12.4. The fourth-order valence-electron chi connectivity index (χ4n) is 1.76. The van der Waals surface area contributed by atoms with E-state index in [-0.39, 0.29) is 23.9 Å². The molecule has 5 heteroatoms. The summed E-state index contributed by atoms with van der Waals surface area (Å²) in [4.78, 5) is 25.7. The molecule has 20 heavy (non-hydrogen) atoms. The van der Waals surface area contributed by atoms with Crippen molar-refractivity contribution >= 4 is 23.4 Å². The van der Waals surface area contributed by atoms with Crippen molar-refractivity contribution in [3.05, 3.63) is 34.9 Å². The average Bonchev–Trinajstić information content (AvgIpc) is 2.33. The van der Waals surface area contributed by atoms with E-state index in [0.717, 1.165) is 0 Å². The van der Waals surface area contributed by atoms with Gasteiger partial charge in [-0.1, -0.05) is 23.7 Å². The van der Waals surface area contributed by atoms with Crippen LogP contribution in [0.3, 0.4) is 0 Å². The van der Waals surface area contributed by atoms with Crippen molar-refractivity contribution in [2.24, 2.45) is 0 Å². The van der Waals surface area contributed by atoms with E-state index >= 15 is 0 Å². The van der Waals surface area contributed by atoms with Crippen LogP contribution >= 0.6 is 11.6 Å². The normalized spacial score (nSPS) is 11.1. The molecule has 0 aliphatic carbocycles. The predicted octanol–water partition coefficient (Wildman–Crippen LogP) is 2.72. The van der Waals surface area contributed by atoms with Crippen LogP contribution in [0.2, 0.25) is 5.02 Å². The van der Waals surface area contributed by atoms with Crippen LogP contribution in [-0.2, 0) is 4.79 Å². The van der Waals surface area contributed by atoms with E-state index < -0.39 is 0 Å². The van der Waals surface area contributed by atoms with Crippen LogP contribution in [0.1, 0.15) is 38.1 Å². The molecule has 0 saturated carbocycles. The zero-order chi connectivity index (χ0) is 15.3. The SMILES string of the molecule is CCN(CC(=O)NC(C)(C)C)C(=O)c1ccccc1Cl. The van der Waals surface area contributed by atoms with Gasteiger partial charge in [0.25, 0.3) is 5.91 Å². The third kappa shape index (κ3) is 4.85. The fraction of sp³-hybridized carbons (Fsp3) is 0.467. The molecule has 1 rings (SSSR count). The third-order valence-corrected chi connectivity index (χ3v) is 2.95. The maximum atomic E-state index is 12.4. The van der Waals surface area contributed by atoms with Gasteiger partial charge in [-0.05, 0) is 39.8 Å². The molecule has 0 unspecified atom stereocenters. The number of nitrogens with zero attached hydrogens (tertiary/aromatic N) is 1. The summed E-state index contributed by atoms with van der Waals surface area (Å²) in [5.74, 6) is -0.415. The second-order valence-electron chi connectivity index (χ2n) is 5.60. The summed E-state index contributed by atoms with van der Waals surface area (Å²) in [6.45, 7) is 8.00. The standard InChI is InChI=1S/C15H21ClN2O2/c1-5-18(10-13(19)17-15(2,3)4)14(20)11-8-6-7-9-12(11)16/h6-9H,5,10H2,1-4H3,(H,17,19). The molecule has 0 saturated heterocycles. The van der Waals surface area contributed by atoms with Gasteiger partial charge in [-0.2, -0.15) is 0 Å². The Morgan fingerprint density at radius 3 is 2.35 bits per heavy atom. The van der Waals surface area contributed by atoms with Gasteiger partial charge in [-0.25, -0.2) is 0 Å². The van der Waals surface area contributed by atoms with Crippen LogP contribution in [-0.4, -0.2) is 35.3 Å². The molecule has 0 aromatic heterocycles. The van der Waals surface area contributed by atoms with Crippen LogP contribution in [0.5, 0.6) is 0 Å². The van der Waals surface area contributed by atoms with Crippen LogP contribution in [0, 0.1) is 0 Å². The van der Waals surface area contributed by atoms with Crippen molar-refractivity contribution in [1.29, 1.82) is 0 Å². The van der Waals surface area contributed by atoms with Gasteiger partial charge in [-0.15, -0.1) is 0 Å². The van der Waals surface area contributed by atoms with Gasteiger partial charge < -0.3 is 10.2 Å². The Kier molecular flexibility index (Phi) is 5.57. The summed E-state index contributed by atoms with van der Waals surface area (Å²) in [7, 11) is 0. The Hall–Kier alpha value is -1.55. The molecule has 4 nitrogen and oxygen atoms in total. The lowest BCUT2D eigenvalue weighted by atomic mass is 10.1. The summed E-state index contributed by atoms with van der Waals surface area (Å²) < 4.78 is 0. The highest BCUT2D eigenvalue weighted by molar-refractivity contribution is 6.33. The van der Waals surface area contributed by atoms with Crippen molar-refractivity contribution in [3.63, 3.8) is 0 Å². The Labute approximate surface area is 125 Å². The Bertz CT molecular complexity index is 495. The van der Waals surface area contributed by atoms with E-state index in [4.69, 9.17) is 11.6 Å². The first-order valence-electron chi connectivity index (χ1n) is 6.59. The highest BCUT2D eigenvalue weighted by Crippen LogP contribution is 2.17. The van der Waals surface area contributed by atoms with Gasteiger partial charge in [0.2, 0.25) is 5.91 Å². The molecule has 0 aliphatic rings. The first-order chi connectivity index (χ1) is 9.24. The van der Waals surface area contributed by atoms with Gasteiger partial charge in [0.05, 0.1) is 17.1 Å². The molecule has 0 heterocycles. The number of amides is 2. The van der Waals surface area contributed by atoms with E-state index in [0.29, 0.717) is 17.1 Å². The lowest BCUT2D eigenvalue weighted by Gasteiger charge is -2.25. The van der Waals surface area contributed by atoms with E-state index in [1.807, 2.05) is 27.7 Å². The molecule has 1 N–H and O–H groups in total. The minimum absolute atomic E-state index is 0.0256. The number of halogens is 1. The lowest BCUT2D eigenvalue weighted by molar-refractivity contribution is -0.123. The molecule has 0 radical (unpaired) electrons. The number of benzene rings is 1. The highest BCUT2D eigenvalue weighted by Gasteiger charge is 2.21. The molecule has 1 aromatic rings. The minimum atomic E-state index is -0.316. The van der Waals surface area contributed by atoms with Crippen molar-refractivity contribution in [3.8, 4) is 0 Å². The molecular weight excluding hydrogens is 276 g/mol. The smallest absolute Gasteiger partial charge is 0.255 e. The van der Waals surface area contributed by atoms with Crippen LogP contribution in [0.25, 0.3) is 0 Å². The van der Waals surface area contributed by atoms with E-state index in [1.54, 1.807) is 24.3 Å². The number of hydrogen-bond acceptors (Lipinski definition) is 2. The van der Waals surface area contributed by atoms with Gasteiger partial charge in [0.1, 0.15) is 0 Å². The molecule has 2 amide bonds. The summed E-state index contributed by atoms with van der Waals surface area (Å²) in [5, 5.41) is 3.23. The summed E-state index contributed by atoms with van der Waals surface area (Å²) in [6.07, 6.45) is 0. The number of carbonyl (C=O) groups excluding carboxylic acids is 2. The third-order valence-electron chi connectivity index (χ3n) is 2.62. The van der Waals surface area contributed by atoms with E-state index in [1.165, 1.54) is 4.90 Å². The Morgan fingerprint density at radius 2 is 1.85 bits per heavy atom. The first-order valence-corrected chi connectivity index (χ1v) is 6.97. The van der Waals surface area contributed by atoms with Crippen molar-refractivity contribution in [2.75, 3.05) is 13.1 Å². The summed E-state index contributed by atoms with van der Waals surface area (Å²) >= 11 is 6.02. The van der Waals surface area contributed by atoms with Gasteiger partial charge in [0.15, 0.2) is 0 Å². The zero-order valence-corrected chi connectivity index (χ0v) is 13.1.